The second-order valence-electron chi connectivity index (χ2n) is 4.47. The molecule has 0 saturated heterocycles. The van der Waals surface area contributed by atoms with Crippen LogP contribution in [0.1, 0.15) is 22.3 Å². The van der Waals surface area contributed by atoms with Gasteiger partial charge < -0.3 is 0 Å². The van der Waals surface area contributed by atoms with Crippen LogP contribution in [-0.2, 0) is 0 Å². The van der Waals surface area contributed by atoms with Crippen molar-refractivity contribution < 1.29 is 0 Å². The minimum Gasteiger partial charge on any atom is -0.0991 e. The first-order valence-corrected chi connectivity index (χ1v) is 7.11. The van der Waals surface area contributed by atoms with Crippen molar-refractivity contribution in [1.29, 1.82) is 0 Å². The molecule has 0 unspecified atom stereocenters. The van der Waals surface area contributed by atoms with Crippen molar-refractivity contribution in [3.63, 3.8) is 0 Å². The molecule has 0 heteroatoms. The van der Waals surface area contributed by atoms with Gasteiger partial charge in [0, 0.05) is 0 Å². The maximum absolute atomic E-state index is 3.75. The fraction of sp³-hybridized carbons (Fsp3) is 0. The van der Waals surface area contributed by atoms with Crippen LogP contribution in [0.5, 0.6) is 0 Å². The molecule has 0 N–H and O–H groups in total. The molecule has 2 aromatic carbocycles. The first-order valence-electron chi connectivity index (χ1n) is 7.11. The summed E-state index contributed by atoms with van der Waals surface area (Å²) in [6.07, 6.45) is 11.2. The molecule has 0 amide bonds. The van der Waals surface area contributed by atoms with Gasteiger partial charge in [0.2, 0.25) is 0 Å². The van der Waals surface area contributed by atoms with Crippen LogP contribution in [0.3, 0.4) is 0 Å². The summed E-state index contributed by atoms with van der Waals surface area (Å²) < 4.78 is 0. The molecular weight excluding hydrogens is 264 g/mol. The predicted octanol–water partition coefficient (Wildman–Crippen LogP) is 6.50. The Kier molecular flexibility index (Phi) is 7.78. The van der Waals surface area contributed by atoms with Crippen LogP contribution in [-0.4, -0.2) is 0 Å². The minimum absolute atomic E-state index is 1.10. The largest absolute Gasteiger partial charge is 0.0991 e. The SMILES string of the molecule is C=CC=Cc1ccccc1.C=Cc1cccc(C=C)c1C=C. The van der Waals surface area contributed by atoms with Gasteiger partial charge in [0.15, 0.2) is 0 Å². The van der Waals surface area contributed by atoms with Crippen LogP contribution in [0.2, 0.25) is 0 Å². The average molecular weight is 286 g/mol. The molecular formula is C22H22. The van der Waals surface area contributed by atoms with Crippen molar-refractivity contribution in [2.45, 2.75) is 0 Å². The molecule has 0 aliphatic carbocycles. The maximum Gasteiger partial charge on any atom is -0.0118 e. The lowest BCUT2D eigenvalue weighted by Gasteiger charge is -2.03. The molecule has 0 aliphatic heterocycles. The lowest BCUT2D eigenvalue weighted by molar-refractivity contribution is 1.58. The van der Waals surface area contributed by atoms with E-state index in [4.69, 9.17) is 0 Å². The van der Waals surface area contributed by atoms with Crippen LogP contribution in [0.15, 0.2) is 87.0 Å². The fourth-order valence-electron chi connectivity index (χ4n) is 1.94. The molecule has 0 bridgehead atoms. The third-order valence-electron chi connectivity index (χ3n) is 3.04. The highest BCUT2D eigenvalue weighted by atomic mass is 14.0. The first-order chi connectivity index (χ1) is 10.8. The van der Waals surface area contributed by atoms with Gasteiger partial charge in [0.05, 0.1) is 0 Å². The number of rotatable bonds is 5. The Balaban J connectivity index is 0.000000224. The number of benzene rings is 2. The zero-order valence-corrected chi connectivity index (χ0v) is 12.9. The molecule has 2 rings (SSSR count). The summed E-state index contributed by atoms with van der Waals surface area (Å²) in [5.74, 6) is 0. The highest BCUT2D eigenvalue weighted by molar-refractivity contribution is 5.72. The van der Waals surface area contributed by atoms with Gasteiger partial charge in [-0.2, -0.15) is 0 Å². The fourth-order valence-corrected chi connectivity index (χ4v) is 1.94. The average Bonchev–Trinajstić information content (AvgIpc) is 2.60. The molecule has 2 aromatic rings. The topological polar surface area (TPSA) is 0 Å². The number of hydrogen-bond donors (Lipinski definition) is 0. The van der Waals surface area contributed by atoms with Gasteiger partial charge in [-0.15, -0.1) is 0 Å². The summed E-state index contributed by atoms with van der Waals surface area (Å²) in [5, 5.41) is 0. The third kappa shape index (κ3) is 5.26. The van der Waals surface area contributed by atoms with E-state index in [0.717, 1.165) is 16.7 Å². The molecule has 0 radical (unpaired) electrons. The van der Waals surface area contributed by atoms with Crippen molar-refractivity contribution in [2.75, 3.05) is 0 Å². The van der Waals surface area contributed by atoms with Gasteiger partial charge in [-0.05, 0) is 22.3 Å². The Morgan fingerprint density at radius 2 is 1.23 bits per heavy atom. The molecule has 0 atom stereocenters. The molecule has 0 nitrogen and oxygen atoms in total. The number of hydrogen-bond acceptors (Lipinski definition) is 0. The third-order valence-corrected chi connectivity index (χ3v) is 3.04. The standard InChI is InChI=1S/C12H12.C10H10/c1-4-10-8-7-9-11(5-2)12(10)6-3;1-2-3-7-10-8-5-4-6-9-10/h4-9H,1-3H2;2-9H,1H2. The zero-order chi connectivity index (χ0) is 16.2. The quantitative estimate of drug-likeness (QED) is 0.550. The predicted molar refractivity (Wildman–Crippen MR) is 102 cm³/mol. The van der Waals surface area contributed by atoms with E-state index in [-0.39, 0.29) is 0 Å². The summed E-state index contributed by atoms with van der Waals surface area (Å²) in [5.41, 5.74) is 4.51. The molecule has 0 heterocycles. The van der Waals surface area contributed by atoms with E-state index in [2.05, 4.69) is 38.4 Å². The second kappa shape index (κ2) is 9.95. The van der Waals surface area contributed by atoms with Crippen LogP contribution in [0.25, 0.3) is 24.3 Å². The van der Waals surface area contributed by atoms with Gasteiger partial charge in [0.25, 0.3) is 0 Å². The smallest absolute Gasteiger partial charge is 0.0118 e. The van der Waals surface area contributed by atoms with E-state index >= 15 is 0 Å². The molecule has 0 aromatic heterocycles. The van der Waals surface area contributed by atoms with E-state index in [1.165, 1.54) is 5.56 Å². The second-order valence-corrected chi connectivity index (χ2v) is 4.47. The van der Waals surface area contributed by atoms with E-state index in [1.807, 2.05) is 66.8 Å². The van der Waals surface area contributed by atoms with Crippen molar-refractivity contribution in [2.24, 2.45) is 0 Å². The molecule has 0 fully saturated rings. The summed E-state index contributed by atoms with van der Waals surface area (Å²) >= 11 is 0. The molecule has 0 aliphatic rings. The van der Waals surface area contributed by atoms with Gasteiger partial charge >= 0.3 is 0 Å². The van der Waals surface area contributed by atoms with E-state index in [1.54, 1.807) is 6.08 Å². The van der Waals surface area contributed by atoms with Gasteiger partial charge in [-0.3, -0.25) is 0 Å². The Bertz CT molecular complexity index is 631. The lowest BCUT2D eigenvalue weighted by atomic mass is 10.0. The van der Waals surface area contributed by atoms with Gasteiger partial charge in [-0.25, -0.2) is 0 Å². The van der Waals surface area contributed by atoms with E-state index in [9.17, 15) is 0 Å². The van der Waals surface area contributed by atoms with Gasteiger partial charge in [-0.1, -0.05) is 111 Å². The maximum atomic E-state index is 3.75. The number of allylic oxidation sites excluding steroid dienone is 2. The van der Waals surface area contributed by atoms with Crippen LogP contribution < -0.4 is 0 Å². The molecule has 0 spiro atoms. The van der Waals surface area contributed by atoms with Crippen LogP contribution in [0.4, 0.5) is 0 Å². The Morgan fingerprint density at radius 1 is 0.636 bits per heavy atom. The zero-order valence-electron chi connectivity index (χ0n) is 12.9. The van der Waals surface area contributed by atoms with Gasteiger partial charge in [0.1, 0.15) is 0 Å². The van der Waals surface area contributed by atoms with E-state index < -0.39 is 0 Å². The highest BCUT2D eigenvalue weighted by Crippen LogP contribution is 2.18. The Morgan fingerprint density at radius 3 is 1.68 bits per heavy atom. The van der Waals surface area contributed by atoms with Crippen LogP contribution >= 0.6 is 0 Å². The van der Waals surface area contributed by atoms with Crippen molar-refractivity contribution in [3.05, 3.63) is 109 Å². The Hall–Kier alpha value is -2.86. The monoisotopic (exact) mass is 286 g/mol. The summed E-state index contributed by atoms with van der Waals surface area (Å²) in [6, 6.07) is 16.2. The molecule has 22 heavy (non-hydrogen) atoms. The van der Waals surface area contributed by atoms with E-state index in [0.29, 0.717) is 0 Å². The lowest BCUT2D eigenvalue weighted by Crippen LogP contribution is -1.84. The Labute approximate surface area is 134 Å². The normalized spacial score (nSPS) is 9.45. The van der Waals surface area contributed by atoms with Crippen molar-refractivity contribution >= 4 is 24.3 Å². The molecule has 110 valence electrons. The summed E-state index contributed by atoms with van der Waals surface area (Å²) in [6.45, 7) is 14.8. The summed E-state index contributed by atoms with van der Waals surface area (Å²) in [7, 11) is 0. The summed E-state index contributed by atoms with van der Waals surface area (Å²) in [4.78, 5) is 0. The van der Waals surface area contributed by atoms with Crippen molar-refractivity contribution in [3.8, 4) is 0 Å². The van der Waals surface area contributed by atoms with Crippen LogP contribution in [0, 0.1) is 0 Å². The first kappa shape index (κ1) is 17.2. The van der Waals surface area contributed by atoms with Crippen molar-refractivity contribution in [1.82, 2.24) is 0 Å². The molecule has 0 saturated carbocycles. The highest BCUT2D eigenvalue weighted by Gasteiger charge is 1.97. The minimum atomic E-state index is 1.10.